The number of hydrogen-bond donors (Lipinski definition) is 1. The van der Waals surface area contributed by atoms with Crippen LogP contribution in [0.3, 0.4) is 0 Å². The smallest absolute Gasteiger partial charge is 0.349 e. The van der Waals surface area contributed by atoms with Crippen molar-refractivity contribution in [3.05, 3.63) is 44.8 Å². The third kappa shape index (κ3) is 2.20. The number of esters is 1. The number of carbonyl (C=O) groups is 1. The van der Waals surface area contributed by atoms with Crippen molar-refractivity contribution in [2.75, 3.05) is 7.05 Å². The zero-order valence-corrected chi connectivity index (χ0v) is 15.3. The monoisotopic (exact) mass is 377 g/mol. The van der Waals surface area contributed by atoms with Crippen molar-refractivity contribution in [2.45, 2.75) is 48.8 Å². The minimum absolute atomic E-state index is 0.0754. The van der Waals surface area contributed by atoms with Crippen LogP contribution in [-0.2, 0) is 19.9 Å². The van der Waals surface area contributed by atoms with Gasteiger partial charge in [0.1, 0.15) is 12.2 Å². The molecule has 0 unspecified atom stereocenters. The molecule has 5 atom stereocenters. The van der Waals surface area contributed by atoms with Crippen molar-refractivity contribution >= 4 is 28.6 Å². The molecule has 4 saturated heterocycles. The largest absolute Gasteiger partial charge is 0.455 e. The summed E-state index contributed by atoms with van der Waals surface area (Å²) in [5.41, 5.74) is -1.75. The molecule has 7 heteroatoms. The maximum Gasteiger partial charge on any atom is 0.349 e. The molecule has 0 amide bonds. The van der Waals surface area contributed by atoms with Crippen molar-refractivity contribution in [2.24, 2.45) is 0 Å². The Morgan fingerprint density at radius 1 is 1.24 bits per heavy atom. The predicted octanol–water partition coefficient (Wildman–Crippen LogP) is 2.20. The Morgan fingerprint density at radius 2 is 1.88 bits per heavy atom. The van der Waals surface area contributed by atoms with E-state index in [1.807, 2.05) is 22.9 Å². The number of likely N-dealkylation sites (N-methyl/N-ethyl adjacent to an activating group) is 1. The minimum Gasteiger partial charge on any atom is -0.455 e. The molecule has 132 valence electrons. The Labute approximate surface area is 153 Å². The molecule has 6 heterocycles. The molecular weight excluding hydrogens is 358 g/mol. The van der Waals surface area contributed by atoms with Crippen molar-refractivity contribution in [3.63, 3.8) is 0 Å². The van der Waals surface area contributed by atoms with Gasteiger partial charge in [0.2, 0.25) is 5.60 Å². The van der Waals surface area contributed by atoms with Gasteiger partial charge in [-0.1, -0.05) is 12.1 Å². The van der Waals surface area contributed by atoms with Gasteiger partial charge in [-0.15, -0.1) is 22.7 Å². The third-order valence-electron chi connectivity index (χ3n) is 5.78. The first-order valence-corrected chi connectivity index (χ1v) is 10.2. The highest BCUT2D eigenvalue weighted by molar-refractivity contribution is 7.12. The van der Waals surface area contributed by atoms with Crippen molar-refractivity contribution in [1.29, 1.82) is 0 Å². The fraction of sp³-hybridized carbons (Fsp3) is 0.500. The molecule has 2 aromatic heterocycles. The second-order valence-corrected chi connectivity index (χ2v) is 8.92. The number of thiophene rings is 2. The molecule has 1 N–H and O–H groups in total. The molecule has 0 radical (unpaired) electrons. The Kier molecular flexibility index (Phi) is 3.59. The Balaban J connectivity index is 1.46. The lowest BCUT2D eigenvalue weighted by Crippen LogP contribution is -2.49. The van der Waals surface area contributed by atoms with Gasteiger partial charge >= 0.3 is 5.97 Å². The number of hydrogen-bond acceptors (Lipinski definition) is 7. The van der Waals surface area contributed by atoms with E-state index >= 15 is 0 Å². The van der Waals surface area contributed by atoms with E-state index in [1.54, 1.807) is 12.1 Å². The second-order valence-electron chi connectivity index (χ2n) is 7.03. The van der Waals surface area contributed by atoms with Gasteiger partial charge in [0.25, 0.3) is 0 Å². The number of piperidine rings is 1. The summed E-state index contributed by atoms with van der Waals surface area (Å²) in [5, 5.41) is 15.1. The zero-order valence-electron chi connectivity index (χ0n) is 13.7. The fourth-order valence-electron chi connectivity index (χ4n) is 4.53. The molecule has 0 spiro atoms. The van der Waals surface area contributed by atoms with Crippen LogP contribution in [-0.4, -0.2) is 53.4 Å². The highest BCUT2D eigenvalue weighted by atomic mass is 32.1. The first-order chi connectivity index (χ1) is 12.1. The van der Waals surface area contributed by atoms with Crippen LogP contribution in [0, 0.1) is 0 Å². The molecule has 0 aliphatic carbocycles. The molecule has 4 fully saturated rings. The average molecular weight is 377 g/mol. The topological polar surface area (TPSA) is 59.0 Å². The second kappa shape index (κ2) is 5.62. The quantitative estimate of drug-likeness (QED) is 0.828. The molecule has 0 saturated carbocycles. The summed E-state index contributed by atoms with van der Waals surface area (Å²) in [6.07, 6.45) is 1.80. The van der Waals surface area contributed by atoms with E-state index in [2.05, 4.69) is 11.9 Å². The van der Waals surface area contributed by atoms with Crippen molar-refractivity contribution < 1.29 is 19.4 Å². The van der Waals surface area contributed by atoms with Crippen LogP contribution in [0.15, 0.2) is 35.0 Å². The maximum absolute atomic E-state index is 13.1. The van der Waals surface area contributed by atoms with Crippen LogP contribution in [0.2, 0.25) is 0 Å². The first kappa shape index (κ1) is 16.0. The molecule has 0 aromatic carbocycles. The summed E-state index contributed by atoms with van der Waals surface area (Å²) in [6.45, 7) is 0. The molecule has 4 aliphatic heterocycles. The summed E-state index contributed by atoms with van der Waals surface area (Å²) < 4.78 is 12.0. The highest BCUT2D eigenvalue weighted by Gasteiger charge is 2.61. The van der Waals surface area contributed by atoms with Gasteiger partial charge in [-0.2, -0.15) is 0 Å². The van der Waals surface area contributed by atoms with Crippen molar-refractivity contribution in [3.8, 4) is 0 Å². The van der Waals surface area contributed by atoms with Crippen LogP contribution in [0.4, 0.5) is 0 Å². The molecular formula is C18H19NO4S2. The maximum atomic E-state index is 13.1. The number of nitrogens with zero attached hydrogens (tertiary/aromatic N) is 1. The standard InChI is InChI=1S/C18H19NO4S2/c1-19-11-8-10-9-12(19)16(15(11)22-10)23-17(20)18(21,13-4-2-6-24-13)14-5-3-7-25-14/h2-7,10-12,15-16,21H,8-9H2,1H3/t10-,11-,12+,15+,16+/m1/s1. The predicted molar refractivity (Wildman–Crippen MR) is 94.8 cm³/mol. The zero-order chi connectivity index (χ0) is 17.2. The van der Waals surface area contributed by atoms with E-state index in [1.165, 1.54) is 22.7 Å². The van der Waals surface area contributed by atoms with E-state index in [0.29, 0.717) is 21.9 Å². The normalized spacial score (nSPS) is 33.9. The van der Waals surface area contributed by atoms with E-state index in [9.17, 15) is 9.90 Å². The van der Waals surface area contributed by atoms with E-state index in [-0.39, 0.29) is 18.2 Å². The molecule has 4 aliphatic rings. The summed E-state index contributed by atoms with van der Waals surface area (Å²) in [6, 6.07) is 7.73. The molecule has 2 aromatic rings. The third-order valence-corrected chi connectivity index (χ3v) is 7.74. The highest BCUT2D eigenvalue weighted by Crippen LogP contribution is 2.47. The summed E-state index contributed by atoms with van der Waals surface area (Å²) in [7, 11) is 2.08. The fourth-order valence-corrected chi connectivity index (χ4v) is 6.24. The van der Waals surface area contributed by atoms with Crippen LogP contribution in [0.25, 0.3) is 0 Å². The summed E-state index contributed by atoms with van der Waals surface area (Å²) in [5.74, 6) is -0.601. The Morgan fingerprint density at radius 3 is 2.44 bits per heavy atom. The van der Waals surface area contributed by atoms with Gasteiger partial charge in [-0.3, -0.25) is 4.90 Å². The lowest BCUT2D eigenvalue weighted by Gasteiger charge is -2.36. The molecule has 25 heavy (non-hydrogen) atoms. The number of ether oxygens (including phenoxy) is 2. The first-order valence-electron chi connectivity index (χ1n) is 8.48. The van der Waals surface area contributed by atoms with Gasteiger partial charge < -0.3 is 14.6 Å². The lowest BCUT2D eigenvalue weighted by atomic mass is 9.98. The SMILES string of the molecule is CN1[C@@H]2C[C@@H]3C[C@H]1[C@H](OC(=O)C(O)(c1cccs1)c1cccs1)[C@H]2O3. The summed E-state index contributed by atoms with van der Waals surface area (Å²) in [4.78, 5) is 16.6. The van der Waals surface area contributed by atoms with E-state index in [4.69, 9.17) is 9.47 Å². The van der Waals surface area contributed by atoms with Gasteiger partial charge in [0.05, 0.1) is 21.9 Å². The van der Waals surface area contributed by atoms with E-state index < -0.39 is 11.6 Å². The van der Waals surface area contributed by atoms with Gasteiger partial charge in [0.15, 0.2) is 0 Å². The summed E-state index contributed by atoms with van der Waals surface area (Å²) >= 11 is 2.72. The number of rotatable bonds is 4. The lowest BCUT2D eigenvalue weighted by molar-refractivity contribution is -0.180. The van der Waals surface area contributed by atoms with Crippen LogP contribution >= 0.6 is 22.7 Å². The number of carbonyl (C=O) groups excluding carboxylic acids is 1. The minimum atomic E-state index is -1.75. The van der Waals surface area contributed by atoms with E-state index in [0.717, 1.165) is 12.8 Å². The van der Waals surface area contributed by atoms with Crippen LogP contribution < -0.4 is 0 Å². The van der Waals surface area contributed by atoms with Crippen molar-refractivity contribution in [1.82, 2.24) is 4.90 Å². The van der Waals surface area contributed by atoms with Gasteiger partial charge in [-0.25, -0.2) is 4.79 Å². The Bertz CT molecular complexity index is 739. The van der Waals surface area contributed by atoms with Gasteiger partial charge in [0, 0.05) is 6.04 Å². The molecule has 5 nitrogen and oxygen atoms in total. The van der Waals surface area contributed by atoms with Crippen LogP contribution in [0.1, 0.15) is 22.6 Å². The molecule has 4 bridgehead atoms. The average Bonchev–Trinajstić information content (AvgIpc) is 3.38. The van der Waals surface area contributed by atoms with Gasteiger partial charge in [-0.05, 0) is 42.8 Å². The van der Waals surface area contributed by atoms with Crippen LogP contribution in [0.5, 0.6) is 0 Å². The number of aliphatic hydroxyl groups is 1. The molecule has 6 rings (SSSR count). The Hall–Kier alpha value is -1.25.